The van der Waals surface area contributed by atoms with Crippen molar-refractivity contribution in [3.63, 3.8) is 0 Å². The van der Waals surface area contributed by atoms with E-state index in [2.05, 4.69) is 52.4 Å². The predicted molar refractivity (Wildman–Crippen MR) is 81.6 cm³/mol. The van der Waals surface area contributed by atoms with E-state index in [0.29, 0.717) is 0 Å². The Bertz CT molecular complexity index is 443. The highest BCUT2D eigenvalue weighted by Gasteiger charge is 2.22. The second kappa shape index (κ2) is 6.43. The first-order valence-corrected chi connectivity index (χ1v) is 6.86. The average Bonchev–Trinajstić information content (AvgIpc) is 2.45. The number of aliphatic imine (C=N–C) groups is 1. The van der Waals surface area contributed by atoms with Crippen LogP contribution in [0.2, 0.25) is 0 Å². The van der Waals surface area contributed by atoms with Crippen molar-refractivity contribution in [2.75, 3.05) is 36.5 Å². The highest BCUT2D eigenvalue weighted by atomic mass is 15.4. The molecule has 0 saturated carbocycles. The Hall–Kier alpha value is -1.75. The fourth-order valence-electron chi connectivity index (χ4n) is 2.28. The molecule has 104 valence electrons. The molecule has 5 nitrogen and oxygen atoms in total. The first-order chi connectivity index (χ1) is 9.27. The summed E-state index contributed by atoms with van der Waals surface area (Å²) in [5, 5.41) is 0. The van der Waals surface area contributed by atoms with Crippen molar-refractivity contribution in [3.05, 3.63) is 24.3 Å². The summed E-state index contributed by atoms with van der Waals surface area (Å²) in [5.74, 6) is 6.40. The molecule has 1 aliphatic rings. The minimum absolute atomic E-state index is 0.758. The highest BCUT2D eigenvalue weighted by molar-refractivity contribution is 5.99. The summed E-state index contributed by atoms with van der Waals surface area (Å²) in [4.78, 5) is 8.98. The van der Waals surface area contributed by atoms with E-state index in [1.165, 1.54) is 5.69 Å². The zero-order valence-electron chi connectivity index (χ0n) is 11.8. The Morgan fingerprint density at radius 2 is 2.05 bits per heavy atom. The number of nitrogens with two attached hydrogens (primary N) is 1. The van der Waals surface area contributed by atoms with Crippen LogP contribution in [0.25, 0.3) is 0 Å². The lowest BCUT2D eigenvalue weighted by atomic mass is 10.2. The van der Waals surface area contributed by atoms with Crippen LogP contribution >= 0.6 is 0 Å². The van der Waals surface area contributed by atoms with Crippen LogP contribution in [0, 0.1) is 0 Å². The van der Waals surface area contributed by atoms with E-state index in [1.54, 1.807) is 0 Å². The zero-order valence-corrected chi connectivity index (χ0v) is 11.8. The Morgan fingerprint density at radius 1 is 1.32 bits per heavy atom. The third kappa shape index (κ3) is 2.98. The van der Waals surface area contributed by atoms with E-state index in [-0.39, 0.29) is 0 Å². The van der Waals surface area contributed by atoms with Gasteiger partial charge in [-0.1, -0.05) is 25.5 Å². The Morgan fingerprint density at radius 3 is 2.74 bits per heavy atom. The minimum Gasteiger partial charge on any atom is -0.371 e. The van der Waals surface area contributed by atoms with Gasteiger partial charge >= 0.3 is 0 Å². The molecule has 19 heavy (non-hydrogen) atoms. The fourth-order valence-corrected chi connectivity index (χ4v) is 2.28. The monoisotopic (exact) mass is 261 g/mol. The summed E-state index contributed by atoms with van der Waals surface area (Å²) in [6.45, 7) is 4.83. The third-order valence-corrected chi connectivity index (χ3v) is 3.40. The largest absolute Gasteiger partial charge is 0.371 e. The maximum atomic E-state index is 5.64. The molecule has 1 aliphatic heterocycles. The van der Waals surface area contributed by atoms with Crippen LogP contribution < -0.4 is 21.1 Å². The first kappa shape index (κ1) is 13.7. The van der Waals surface area contributed by atoms with Crippen molar-refractivity contribution in [2.24, 2.45) is 10.8 Å². The molecule has 0 fully saturated rings. The van der Waals surface area contributed by atoms with Crippen LogP contribution in [0.15, 0.2) is 29.3 Å². The SMILES string of the molecule is CCCCN=C(NN)N1CCN(C)c2ccccc21. The Kier molecular flexibility index (Phi) is 4.63. The van der Waals surface area contributed by atoms with Crippen molar-refractivity contribution in [3.8, 4) is 0 Å². The normalized spacial score (nSPS) is 15.4. The average molecular weight is 261 g/mol. The molecule has 0 saturated heterocycles. The van der Waals surface area contributed by atoms with Gasteiger partial charge in [-0.3, -0.25) is 10.4 Å². The molecular weight excluding hydrogens is 238 g/mol. The fraction of sp³-hybridized carbons (Fsp3) is 0.500. The van der Waals surface area contributed by atoms with Gasteiger partial charge in [-0.05, 0) is 18.6 Å². The molecule has 5 heteroatoms. The van der Waals surface area contributed by atoms with E-state index >= 15 is 0 Å². The van der Waals surface area contributed by atoms with Gasteiger partial charge in [0.1, 0.15) is 0 Å². The van der Waals surface area contributed by atoms with Gasteiger partial charge in [-0.2, -0.15) is 0 Å². The number of hydrogen-bond acceptors (Lipinski definition) is 3. The molecule has 0 amide bonds. The lowest BCUT2D eigenvalue weighted by Gasteiger charge is -2.36. The standard InChI is InChI=1S/C14H23N5/c1-3-4-9-16-14(17-15)19-11-10-18(2)12-7-5-6-8-13(12)19/h5-8H,3-4,9-11,15H2,1-2H3,(H,16,17). The minimum atomic E-state index is 0.758. The summed E-state index contributed by atoms with van der Waals surface area (Å²) in [7, 11) is 2.11. The quantitative estimate of drug-likeness (QED) is 0.285. The molecule has 0 aromatic heterocycles. The van der Waals surface area contributed by atoms with Crippen molar-refractivity contribution < 1.29 is 0 Å². The van der Waals surface area contributed by atoms with E-state index in [0.717, 1.165) is 44.1 Å². The Labute approximate surface area is 115 Å². The molecule has 1 aromatic rings. The van der Waals surface area contributed by atoms with Gasteiger partial charge in [-0.25, -0.2) is 5.84 Å². The summed E-state index contributed by atoms with van der Waals surface area (Å²) in [6, 6.07) is 8.34. The summed E-state index contributed by atoms with van der Waals surface area (Å²) in [5.41, 5.74) is 5.12. The number of hydrazine groups is 1. The topological polar surface area (TPSA) is 56.9 Å². The van der Waals surface area contributed by atoms with Crippen LogP contribution in [-0.2, 0) is 0 Å². The molecule has 0 atom stereocenters. The molecule has 0 radical (unpaired) electrons. The molecule has 3 N–H and O–H groups in total. The highest BCUT2D eigenvalue weighted by Crippen LogP contribution is 2.31. The van der Waals surface area contributed by atoms with Gasteiger partial charge in [0.25, 0.3) is 0 Å². The van der Waals surface area contributed by atoms with Crippen molar-refractivity contribution >= 4 is 17.3 Å². The lowest BCUT2D eigenvalue weighted by Crippen LogP contribution is -2.50. The third-order valence-electron chi connectivity index (χ3n) is 3.40. The van der Waals surface area contributed by atoms with Gasteiger partial charge < -0.3 is 9.80 Å². The summed E-state index contributed by atoms with van der Waals surface area (Å²) < 4.78 is 0. The predicted octanol–water partition coefficient (Wildman–Crippen LogP) is 1.56. The van der Waals surface area contributed by atoms with Crippen LogP contribution in [-0.4, -0.2) is 32.6 Å². The number of benzene rings is 1. The van der Waals surface area contributed by atoms with Crippen molar-refractivity contribution in [1.29, 1.82) is 0 Å². The first-order valence-electron chi connectivity index (χ1n) is 6.86. The van der Waals surface area contributed by atoms with Gasteiger partial charge in [-0.15, -0.1) is 0 Å². The molecule has 1 aromatic carbocycles. The van der Waals surface area contributed by atoms with Crippen molar-refractivity contribution in [1.82, 2.24) is 5.43 Å². The molecule has 0 aliphatic carbocycles. The number of guanidine groups is 1. The van der Waals surface area contributed by atoms with Gasteiger partial charge in [0.15, 0.2) is 0 Å². The lowest BCUT2D eigenvalue weighted by molar-refractivity contribution is 0.777. The number of nitrogens with zero attached hydrogens (tertiary/aromatic N) is 3. The number of hydrogen-bond donors (Lipinski definition) is 2. The van der Waals surface area contributed by atoms with E-state index < -0.39 is 0 Å². The van der Waals surface area contributed by atoms with Crippen LogP contribution in [0.4, 0.5) is 11.4 Å². The Balaban J connectivity index is 2.25. The van der Waals surface area contributed by atoms with E-state index in [4.69, 9.17) is 5.84 Å². The number of rotatable bonds is 3. The van der Waals surface area contributed by atoms with E-state index in [9.17, 15) is 0 Å². The molecular formula is C14H23N5. The van der Waals surface area contributed by atoms with Crippen LogP contribution in [0.3, 0.4) is 0 Å². The summed E-state index contributed by atoms with van der Waals surface area (Å²) in [6.07, 6.45) is 2.22. The van der Waals surface area contributed by atoms with E-state index in [1.807, 2.05) is 6.07 Å². The second-order valence-corrected chi connectivity index (χ2v) is 4.77. The number of fused-ring (bicyclic) bond motifs is 1. The second-order valence-electron chi connectivity index (χ2n) is 4.77. The van der Waals surface area contributed by atoms with Gasteiger partial charge in [0.05, 0.1) is 11.4 Å². The smallest absolute Gasteiger partial charge is 0.213 e. The number of para-hydroxylation sites is 2. The molecule has 1 heterocycles. The van der Waals surface area contributed by atoms with Crippen LogP contribution in [0.5, 0.6) is 0 Å². The maximum Gasteiger partial charge on any atom is 0.213 e. The zero-order chi connectivity index (χ0) is 13.7. The number of nitrogens with one attached hydrogen (secondary N) is 1. The van der Waals surface area contributed by atoms with Gasteiger partial charge in [0.2, 0.25) is 5.96 Å². The molecule has 0 spiro atoms. The van der Waals surface area contributed by atoms with Gasteiger partial charge in [0, 0.05) is 26.7 Å². The summed E-state index contributed by atoms with van der Waals surface area (Å²) >= 11 is 0. The number of anilines is 2. The molecule has 0 unspecified atom stereocenters. The maximum absolute atomic E-state index is 5.64. The number of likely N-dealkylation sites (N-methyl/N-ethyl adjacent to an activating group) is 1. The molecule has 2 rings (SSSR count). The van der Waals surface area contributed by atoms with Crippen LogP contribution in [0.1, 0.15) is 19.8 Å². The number of unbranched alkanes of at least 4 members (excludes halogenated alkanes) is 1. The molecule has 0 bridgehead atoms. The van der Waals surface area contributed by atoms with Crippen molar-refractivity contribution in [2.45, 2.75) is 19.8 Å².